The van der Waals surface area contributed by atoms with Gasteiger partial charge in [0.05, 0.1) is 16.9 Å². The van der Waals surface area contributed by atoms with E-state index in [0.29, 0.717) is 5.56 Å². The highest BCUT2D eigenvalue weighted by atomic mass is 16.1. The molecule has 1 aromatic carbocycles. The average molecular weight is 270 g/mol. The molecule has 1 amide bonds. The number of benzene rings is 1. The molecule has 0 radical (unpaired) electrons. The van der Waals surface area contributed by atoms with Gasteiger partial charge in [0.2, 0.25) is 0 Å². The van der Waals surface area contributed by atoms with E-state index in [2.05, 4.69) is 10.00 Å². The number of anilines is 1. The topological polar surface area (TPSA) is 64.2 Å². The molecule has 0 unspecified atom stereocenters. The van der Waals surface area contributed by atoms with Gasteiger partial charge >= 0.3 is 0 Å². The Hall–Kier alpha value is -2.30. The Balaban J connectivity index is 2.03. The highest BCUT2D eigenvalue weighted by Gasteiger charge is 2.18. The smallest absolute Gasteiger partial charge is 0.250 e. The van der Waals surface area contributed by atoms with Gasteiger partial charge < -0.3 is 10.6 Å². The summed E-state index contributed by atoms with van der Waals surface area (Å²) >= 11 is 0. The number of nitrogens with two attached hydrogens (primary N) is 1. The van der Waals surface area contributed by atoms with Crippen molar-refractivity contribution < 1.29 is 4.79 Å². The van der Waals surface area contributed by atoms with Crippen molar-refractivity contribution in [3.05, 3.63) is 42.2 Å². The third-order valence-corrected chi connectivity index (χ3v) is 3.71. The number of carbonyl (C=O) groups is 1. The van der Waals surface area contributed by atoms with Crippen molar-refractivity contribution in [3.8, 4) is 5.69 Å². The van der Waals surface area contributed by atoms with Crippen molar-refractivity contribution in [1.29, 1.82) is 0 Å². The molecule has 104 valence electrons. The fourth-order valence-corrected chi connectivity index (χ4v) is 2.69. The summed E-state index contributed by atoms with van der Waals surface area (Å²) in [5.74, 6) is -0.377. The maximum atomic E-state index is 11.6. The number of aromatic nitrogens is 2. The Kier molecular flexibility index (Phi) is 3.41. The van der Waals surface area contributed by atoms with Crippen LogP contribution in [0.15, 0.2) is 36.7 Å². The summed E-state index contributed by atoms with van der Waals surface area (Å²) < 4.78 is 1.79. The fraction of sp³-hybridized carbons (Fsp3) is 0.333. The molecule has 0 bridgehead atoms. The fourth-order valence-electron chi connectivity index (χ4n) is 2.69. The molecule has 2 aromatic rings. The van der Waals surface area contributed by atoms with Crippen LogP contribution in [0, 0.1) is 0 Å². The van der Waals surface area contributed by atoms with Crippen molar-refractivity contribution >= 4 is 11.6 Å². The molecule has 5 nitrogen and oxygen atoms in total. The number of hydrogen-bond donors (Lipinski definition) is 1. The Morgan fingerprint density at radius 2 is 2.00 bits per heavy atom. The summed E-state index contributed by atoms with van der Waals surface area (Å²) in [5, 5.41) is 4.23. The number of hydrogen-bond acceptors (Lipinski definition) is 3. The van der Waals surface area contributed by atoms with Crippen molar-refractivity contribution in [1.82, 2.24) is 9.78 Å². The van der Waals surface area contributed by atoms with E-state index in [1.165, 1.54) is 6.42 Å². The van der Waals surface area contributed by atoms with E-state index in [1.807, 2.05) is 24.4 Å². The van der Waals surface area contributed by atoms with Crippen LogP contribution in [-0.4, -0.2) is 28.8 Å². The van der Waals surface area contributed by atoms with E-state index < -0.39 is 0 Å². The molecule has 0 aliphatic carbocycles. The first-order valence-corrected chi connectivity index (χ1v) is 6.94. The first-order valence-electron chi connectivity index (χ1n) is 6.94. The Bertz CT molecular complexity index is 600. The molecule has 1 saturated heterocycles. The quantitative estimate of drug-likeness (QED) is 0.927. The zero-order valence-corrected chi connectivity index (χ0v) is 11.3. The van der Waals surface area contributed by atoms with Gasteiger partial charge in [0.25, 0.3) is 5.91 Å². The molecular formula is C15H18N4O. The minimum Gasteiger partial charge on any atom is -0.371 e. The largest absolute Gasteiger partial charge is 0.371 e. The summed E-state index contributed by atoms with van der Waals surface area (Å²) in [6, 6.07) is 7.55. The number of piperidine rings is 1. The first kappa shape index (κ1) is 12.7. The van der Waals surface area contributed by atoms with Crippen molar-refractivity contribution in [2.45, 2.75) is 19.3 Å². The molecule has 0 atom stereocenters. The van der Waals surface area contributed by atoms with E-state index >= 15 is 0 Å². The second-order valence-electron chi connectivity index (χ2n) is 5.06. The number of primary amides is 1. The van der Waals surface area contributed by atoms with Crippen LogP contribution in [0.5, 0.6) is 0 Å². The summed E-state index contributed by atoms with van der Waals surface area (Å²) in [4.78, 5) is 13.9. The maximum absolute atomic E-state index is 11.6. The van der Waals surface area contributed by atoms with Crippen molar-refractivity contribution in [2.75, 3.05) is 18.0 Å². The molecule has 0 spiro atoms. The number of rotatable bonds is 3. The third kappa shape index (κ3) is 2.39. The van der Waals surface area contributed by atoms with Gasteiger partial charge in [-0.3, -0.25) is 4.79 Å². The molecule has 2 N–H and O–H groups in total. The normalized spacial score (nSPS) is 15.3. The van der Waals surface area contributed by atoms with Crippen LogP contribution in [0.4, 0.5) is 5.69 Å². The molecular weight excluding hydrogens is 252 g/mol. The molecule has 2 heterocycles. The number of nitrogens with zero attached hydrogens (tertiary/aromatic N) is 3. The predicted molar refractivity (Wildman–Crippen MR) is 78.1 cm³/mol. The van der Waals surface area contributed by atoms with Gasteiger partial charge in [-0.15, -0.1) is 0 Å². The summed E-state index contributed by atoms with van der Waals surface area (Å²) in [7, 11) is 0. The molecule has 0 saturated carbocycles. The summed E-state index contributed by atoms with van der Waals surface area (Å²) in [5.41, 5.74) is 7.95. The standard InChI is InChI=1S/C15H18N4O/c16-15(20)13-6-5-12(19-10-4-7-17-19)11-14(13)18-8-2-1-3-9-18/h4-7,10-11H,1-3,8-9H2,(H2,16,20). The lowest BCUT2D eigenvalue weighted by molar-refractivity contribution is 0.100. The minimum atomic E-state index is -0.377. The van der Waals surface area contributed by atoms with Gasteiger partial charge in [-0.05, 0) is 43.5 Å². The van der Waals surface area contributed by atoms with Gasteiger partial charge in [-0.2, -0.15) is 5.10 Å². The van der Waals surface area contributed by atoms with E-state index in [4.69, 9.17) is 5.73 Å². The van der Waals surface area contributed by atoms with Crippen molar-refractivity contribution in [2.24, 2.45) is 5.73 Å². The maximum Gasteiger partial charge on any atom is 0.250 e. The molecule has 1 aliphatic rings. The molecule has 5 heteroatoms. The highest BCUT2D eigenvalue weighted by molar-refractivity contribution is 5.99. The lowest BCUT2D eigenvalue weighted by Crippen LogP contribution is -2.31. The van der Waals surface area contributed by atoms with Gasteiger partial charge in [0, 0.05) is 25.5 Å². The summed E-state index contributed by atoms with van der Waals surface area (Å²) in [6.07, 6.45) is 7.19. The number of carbonyl (C=O) groups excluding carboxylic acids is 1. The van der Waals surface area contributed by atoms with Gasteiger partial charge in [-0.25, -0.2) is 4.68 Å². The van der Waals surface area contributed by atoms with E-state index in [9.17, 15) is 4.79 Å². The zero-order chi connectivity index (χ0) is 13.9. The van der Waals surface area contributed by atoms with Crippen LogP contribution in [0.1, 0.15) is 29.6 Å². The van der Waals surface area contributed by atoms with E-state index in [1.54, 1.807) is 16.9 Å². The van der Waals surface area contributed by atoms with Gasteiger partial charge in [0.15, 0.2) is 0 Å². The van der Waals surface area contributed by atoms with Crippen LogP contribution in [0.2, 0.25) is 0 Å². The SMILES string of the molecule is NC(=O)c1ccc(-n2cccn2)cc1N1CCCCC1. The predicted octanol–water partition coefficient (Wildman–Crippen LogP) is 1.96. The van der Waals surface area contributed by atoms with E-state index in [0.717, 1.165) is 37.3 Å². The van der Waals surface area contributed by atoms with Crippen molar-refractivity contribution in [3.63, 3.8) is 0 Å². The Morgan fingerprint density at radius 3 is 2.65 bits per heavy atom. The Morgan fingerprint density at radius 1 is 1.20 bits per heavy atom. The zero-order valence-electron chi connectivity index (χ0n) is 11.3. The third-order valence-electron chi connectivity index (χ3n) is 3.71. The molecule has 20 heavy (non-hydrogen) atoms. The molecule has 1 fully saturated rings. The second-order valence-corrected chi connectivity index (χ2v) is 5.06. The molecule has 3 rings (SSSR count). The second kappa shape index (κ2) is 5.36. The Labute approximate surface area is 118 Å². The lowest BCUT2D eigenvalue weighted by Gasteiger charge is -2.30. The highest BCUT2D eigenvalue weighted by Crippen LogP contribution is 2.26. The van der Waals surface area contributed by atoms with E-state index in [-0.39, 0.29) is 5.91 Å². The van der Waals surface area contributed by atoms with Gasteiger partial charge in [-0.1, -0.05) is 0 Å². The van der Waals surface area contributed by atoms with Gasteiger partial charge in [0.1, 0.15) is 0 Å². The monoisotopic (exact) mass is 270 g/mol. The molecule has 1 aliphatic heterocycles. The van der Waals surface area contributed by atoms with Crippen LogP contribution >= 0.6 is 0 Å². The minimum absolute atomic E-state index is 0.377. The van der Waals surface area contributed by atoms with Crippen LogP contribution in [0.25, 0.3) is 5.69 Å². The van der Waals surface area contributed by atoms with Crippen LogP contribution in [-0.2, 0) is 0 Å². The van der Waals surface area contributed by atoms with Crippen LogP contribution < -0.4 is 10.6 Å². The first-order chi connectivity index (χ1) is 9.75. The number of amides is 1. The van der Waals surface area contributed by atoms with Crippen LogP contribution in [0.3, 0.4) is 0 Å². The average Bonchev–Trinajstić information content (AvgIpc) is 3.02. The molecule has 1 aromatic heterocycles. The lowest BCUT2D eigenvalue weighted by atomic mass is 10.1. The summed E-state index contributed by atoms with van der Waals surface area (Å²) in [6.45, 7) is 1.95.